The Hall–Kier alpha value is -3.09. The average Bonchev–Trinajstić information content (AvgIpc) is 3.33. The van der Waals surface area contributed by atoms with E-state index in [1.807, 2.05) is 31.2 Å². The Balaban J connectivity index is 1.59. The van der Waals surface area contributed by atoms with E-state index in [1.165, 1.54) is 5.01 Å². The van der Waals surface area contributed by atoms with Gasteiger partial charge in [-0.05, 0) is 38.8 Å². The number of para-hydroxylation sites is 1. The highest BCUT2D eigenvalue weighted by Gasteiger charge is 2.34. The van der Waals surface area contributed by atoms with Crippen LogP contribution in [-0.2, 0) is 11.2 Å². The van der Waals surface area contributed by atoms with Crippen LogP contribution >= 0.6 is 0 Å². The molecule has 1 aliphatic rings. The van der Waals surface area contributed by atoms with Crippen LogP contribution in [0, 0.1) is 20.8 Å². The average molecular weight is 366 g/mol. The monoisotopic (exact) mass is 366 g/mol. The van der Waals surface area contributed by atoms with Crippen molar-refractivity contribution in [2.45, 2.75) is 33.6 Å². The number of benzene rings is 1. The van der Waals surface area contributed by atoms with Crippen molar-refractivity contribution < 1.29 is 14.1 Å². The van der Waals surface area contributed by atoms with E-state index in [1.54, 1.807) is 18.9 Å². The molecule has 3 heterocycles. The normalized spacial score (nSPS) is 14.3. The molecule has 7 nitrogen and oxygen atoms in total. The van der Waals surface area contributed by atoms with Gasteiger partial charge < -0.3 is 9.51 Å². The summed E-state index contributed by atoms with van der Waals surface area (Å²) >= 11 is 0. The number of hydrogen-bond donors (Lipinski definition) is 1. The molecule has 1 aliphatic heterocycles. The molecule has 1 fully saturated rings. The maximum Gasteiger partial charge on any atom is 0.277 e. The number of carbonyl (C=O) groups is 2. The summed E-state index contributed by atoms with van der Waals surface area (Å²) in [5.74, 6) is 0.164. The molecule has 1 saturated heterocycles. The van der Waals surface area contributed by atoms with E-state index in [-0.39, 0.29) is 18.2 Å². The van der Waals surface area contributed by atoms with Crippen LogP contribution < -0.4 is 0 Å². The first-order chi connectivity index (χ1) is 13.0. The Morgan fingerprint density at radius 2 is 1.89 bits per heavy atom. The number of amides is 2. The Morgan fingerprint density at radius 1 is 1.15 bits per heavy atom. The van der Waals surface area contributed by atoms with Gasteiger partial charge in [-0.2, -0.15) is 0 Å². The van der Waals surface area contributed by atoms with Crippen molar-refractivity contribution >= 4 is 22.7 Å². The standard InChI is InChI=1S/C20H22N4O3/c1-12-16(15-7-4-5-8-17(15)21-12)11-18(25)23-9-6-10-24(23)20(26)19-13(2)22-27-14(19)3/h4-5,7-8,21H,6,9-11H2,1-3H3. The third-order valence-electron chi connectivity index (χ3n) is 5.16. The van der Waals surface area contributed by atoms with Gasteiger partial charge in [-0.15, -0.1) is 0 Å². The lowest BCUT2D eigenvalue weighted by atomic mass is 10.1. The first kappa shape index (κ1) is 17.3. The maximum absolute atomic E-state index is 13.0. The first-order valence-corrected chi connectivity index (χ1v) is 9.08. The molecule has 0 unspecified atom stereocenters. The van der Waals surface area contributed by atoms with Crippen LogP contribution in [-0.4, -0.2) is 45.1 Å². The lowest BCUT2D eigenvalue weighted by Gasteiger charge is -2.28. The number of hydrogen-bond acceptors (Lipinski definition) is 4. The van der Waals surface area contributed by atoms with Crippen molar-refractivity contribution in [1.82, 2.24) is 20.2 Å². The predicted molar refractivity (Wildman–Crippen MR) is 100 cm³/mol. The fraction of sp³-hybridized carbons (Fsp3) is 0.350. The van der Waals surface area contributed by atoms with Gasteiger partial charge in [0.05, 0.1) is 12.1 Å². The summed E-state index contributed by atoms with van der Waals surface area (Å²) in [4.78, 5) is 29.3. The number of nitrogens with one attached hydrogen (secondary N) is 1. The van der Waals surface area contributed by atoms with Crippen LogP contribution in [0.25, 0.3) is 10.9 Å². The van der Waals surface area contributed by atoms with Crippen LogP contribution in [0.15, 0.2) is 28.8 Å². The molecule has 27 heavy (non-hydrogen) atoms. The zero-order valence-electron chi connectivity index (χ0n) is 15.7. The number of aromatic nitrogens is 2. The molecular weight excluding hydrogens is 344 g/mol. The zero-order valence-corrected chi connectivity index (χ0v) is 15.7. The number of hydrazine groups is 1. The Kier molecular flexibility index (Phi) is 4.22. The van der Waals surface area contributed by atoms with Crippen molar-refractivity contribution in [3.05, 3.63) is 52.5 Å². The topological polar surface area (TPSA) is 82.4 Å². The van der Waals surface area contributed by atoms with E-state index in [4.69, 9.17) is 4.52 Å². The summed E-state index contributed by atoms with van der Waals surface area (Å²) < 4.78 is 5.12. The zero-order chi connectivity index (χ0) is 19.1. The van der Waals surface area contributed by atoms with Crippen LogP contribution in [0.2, 0.25) is 0 Å². The number of nitrogens with zero attached hydrogens (tertiary/aromatic N) is 3. The van der Waals surface area contributed by atoms with Crippen molar-refractivity contribution in [3.63, 3.8) is 0 Å². The van der Waals surface area contributed by atoms with Gasteiger partial charge >= 0.3 is 0 Å². The second-order valence-electron chi connectivity index (χ2n) is 6.95. The molecule has 2 amide bonds. The fourth-order valence-electron chi connectivity index (χ4n) is 3.80. The number of aromatic amines is 1. The SMILES string of the molecule is Cc1noc(C)c1C(=O)N1CCCN1C(=O)Cc1c(C)[nH]c2ccccc12. The number of H-pyrrole nitrogens is 1. The summed E-state index contributed by atoms with van der Waals surface area (Å²) in [6.07, 6.45) is 1.01. The molecular formula is C20H22N4O3. The predicted octanol–water partition coefficient (Wildman–Crippen LogP) is 2.91. The largest absolute Gasteiger partial charge is 0.361 e. The smallest absolute Gasteiger partial charge is 0.277 e. The van der Waals surface area contributed by atoms with Crippen molar-refractivity contribution in [2.75, 3.05) is 13.1 Å². The molecule has 0 spiro atoms. The highest BCUT2D eigenvalue weighted by Crippen LogP contribution is 2.25. The molecule has 0 aliphatic carbocycles. The minimum Gasteiger partial charge on any atom is -0.361 e. The molecule has 7 heteroatoms. The molecule has 0 saturated carbocycles. The Labute approximate surface area is 156 Å². The van der Waals surface area contributed by atoms with Gasteiger partial charge in [-0.1, -0.05) is 23.4 Å². The van der Waals surface area contributed by atoms with Crippen molar-refractivity contribution in [3.8, 4) is 0 Å². The minimum atomic E-state index is -0.229. The van der Waals surface area contributed by atoms with E-state index < -0.39 is 0 Å². The summed E-state index contributed by atoms with van der Waals surface area (Å²) in [5.41, 5.74) is 3.96. The Bertz CT molecular complexity index is 1010. The molecule has 140 valence electrons. The van der Waals surface area contributed by atoms with Crippen LogP contribution in [0.1, 0.15) is 39.5 Å². The lowest BCUT2D eigenvalue weighted by molar-refractivity contribution is -0.139. The quantitative estimate of drug-likeness (QED) is 0.773. The molecule has 0 radical (unpaired) electrons. The fourth-order valence-corrected chi connectivity index (χ4v) is 3.80. The lowest BCUT2D eigenvalue weighted by Crippen LogP contribution is -2.45. The number of carbonyl (C=O) groups excluding carboxylic acids is 2. The highest BCUT2D eigenvalue weighted by molar-refractivity contribution is 5.98. The van der Waals surface area contributed by atoms with Crippen molar-refractivity contribution in [1.29, 1.82) is 0 Å². The number of rotatable bonds is 3. The van der Waals surface area contributed by atoms with E-state index in [2.05, 4.69) is 10.1 Å². The molecule has 4 rings (SSSR count). The second kappa shape index (κ2) is 6.57. The summed E-state index contributed by atoms with van der Waals surface area (Å²) in [6.45, 7) is 6.47. The Morgan fingerprint density at radius 3 is 2.63 bits per heavy atom. The van der Waals surface area contributed by atoms with Crippen LogP contribution in [0.4, 0.5) is 0 Å². The third kappa shape index (κ3) is 2.89. The van der Waals surface area contributed by atoms with Crippen LogP contribution in [0.3, 0.4) is 0 Å². The molecule has 0 atom stereocenters. The molecule has 1 N–H and O–H groups in total. The van der Waals surface area contributed by atoms with E-state index in [0.29, 0.717) is 30.1 Å². The van der Waals surface area contributed by atoms with E-state index in [9.17, 15) is 9.59 Å². The summed E-state index contributed by atoms with van der Waals surface area (Å²) in [6, 6.07) is 7.94. The van der Waals surface area contributed by atoms with E-state index in [0.717, 1.165) is 28.6 Å². The molecule has 1 aromatic carbocycles. The molecule has 2 aromatic heterocycles. The minimum absolute atomic E-state index is 0.0829. The van der Waals surface area contributed by atoms with Crippen molar-refractivity contribution in [2.24, 2.45) is 0 Å². The van der Waals surface area contributed by atoms with Gasteiger partial charge in [0.1, 0.15) is 11.3 Å². The second-order valence-corrected chi connectivity index (χ2v) is 6.95. The van der Waals surface area contributed by atoms with Crippen LogP contribution in [0.5, 0.6) is 0 Å². The number of aryl methyl sites for hydroxylation is 3. The van der Waals surface area contributed by atoms with E-state index >= 15 is 0 Å². The van der Waals surface area contributed by atoms with Gasteiger partial charge in [-0.3, -0.25) is 14.6 Å². The third-order valence-corrected chi connectivity index (χ3v) is 5.16. The van der Waals surface area contributed by atoms with Gasteiger partial charge in [0.2, 0.25) is 5.91 Å². The van der Waals surface area contributed by atoms with Gasteiger partial charge in [0.25, 0.3) is 5.91 Å². The first-order valence-electron chi connectivity index (χ1n) is 9.08. The molecule has 3 aromatic rings. The molecule has 0 bridgehead atoms. The summed E-state index contributed by atoms with van der Waals surface area (Å²) in [5, 5.41) is 7.99. The summed E-state index contributed by atoms with van der Waals surface area (Å²) in [7, 11) is 0. The van der Waals surface area contributed by atoms with Gasteiger partial charge in [0.15, 0.2) is 0 Å². The maximum atomic E-state index is 13.0. The van der Waals surface area contributed by atoms with Gasteiger partial charge in [0, 0.05) is 29.7 Å². The van der Waals surface area contributed by atoms with Gasteiger partial charge in [-0.25, -0.2) is 5.01 Å². The number of fused-ring (bicyclic) bond motifs is 1. The highest BCUT2D eigenvalue weighted by atomic mass is 16.5.